The molecule has 35 heavy (non-hydrogen) atoms. The van der Waals surface area contributed by atoms with Crippen LogP contribution in [0.4, 0.5) is 0 Å². The van der Waals surface area contributed by atoms with Gasteiger partial charge >= 0.3 is 0 Å². The zero-order chi connectivity index (χ0) is 25.3. The van der Waals surface area contributed by atoms with Crippen molar-refractivity contribution in [1.29, 1.82) is 0 Å². The molecule has 0 aliphatic carbocycles. The predicted molar refractivity (Wildman–Crippen MR) is 137 cm³/mol. The quantitative estimate of drug-likeness (QED) is 0.447. The fourth-order valence-electron chi connectivity index (χ4n) is 4.14. The molecule has 1 unspecified atom stereocenters. The van der Waals surface area contributed by atoms with Gasteiger partial charge in [-0.15, -0.1) is 0 Å². The van der Waals surface area contributed by atoms with Crippen LogP contribution in [0.1, 0.15) is 38.8 Å². The minimum absolute atomic E-state index is 0.190. The summed E-state index contributed by atoms with van der Waals surface area (Å²) in [5, 5.41) is 0.796. The van der Waals surface area contributed by atoms with Crippen LogP contribution < -0.4 is 11.3 Å². The first-order chi connectivity index (χ1) is 16.7. The van der Waals surface area contributed by atoms with Gasteiger partial charge in [-0.3, -0.25) is 19.0 Å². The highest BCUT2D eigenvalue weighted by Crippen LogP contribution is 2.30. The molecule has 2 amide bonds. The number of likely N-dealkylation sites (N-methyl/N-ethyl adjacent to an activating group) is 1. The Morgan fingerprint density at radius 2 is 1.77 bits per heavy atom. The van der Waals surface area contributed by atoms with Crippen LogP contribution in [0.2, 0.25) is 5.02 Å². The van der Waals surface area contributed by atoms with Crippen molar-refractivity contribution in [3.63, 3.8) is 0 Å². The summed E-state index contributed by atoms with van der Waals surface area (Å²) < 4.78 is 1.49. The molecular formula is C27H25ClN4O3. The van der Waals surface area contributed by atoms with Crippen molar-refractivity contribution in [2.45, 2.75) is 19.4 Å². The third-order valence-corrected chi connectivity index (χ3v) is 6.09. The molecule has 3 aromatic carbocycles. The van der Waals surface area contributed by atoms with Crippen molar-refractivity contribution in [3.05, 3.63) is 110 Å². The molecule has 1 aromatic heterocycles. The van der Waals surface area contributed by atoms with Gasteiger partial charge in [-0.05, 0) is 42.3 Å². The first kappa shape index (κ1) is 24.2. The van der Waals surface area contributed by atoms with Gasteiger partial charge in [0.05, 0.1) is 17.4 Å². The van der Waals surface area contributed by atoms with E-state index in [0.29, 0.717) is 21.5 Å². The largest absolute Gasteiger partial charge is 0.366 e. The molecule has 8 heteroatoms. The van der Waals surface area contributed by atoms with Gasteiger partial charge in [-0.1, -0.05) is 59.6 Å². The summed E-state index contributed by atoms with van der Waals surface area (Å²) in [6, 6.07) is 19.4. The average molecular weight is 489 g/mol. The summed E-state index contributed by atoms with van der Waals surface area (Å²) in [6.45, 7) is 2.05. The molecule has 0 spiro atoms. The number of halogens is 1. The second-order valence-electron chi connectivity index (χ2n) is 8.63. The number of nitrogens with two attached hydrogens (primary N) is 1. The maximum Gasteiger partial charge on any atom is 0.261 e. The van der Waals surface area contributed by atoms with Gasteiger partial charge in [0.25, 0.3) is 5.56 Å². The Labute approximate surface area is 207 Å². The number of fused-ring (bicyclic) bond motifs is 1. The van der Waals surface area contributed by atoms with Gasteiger partial charge in [0, 0.05) is 24.7 Å². The molecule has 2 N–H and O–H groups in total. The molecule has 0 radical (unpaired) electrons. The van der Waals surface area contributed by atoms with E-state index < -0.39 is 11.8 Å². The van der Waals surface area contributed by atoms with Gasteiger partial charge in [0.1, 0.15) is 11.7 Å². The van der Waals surface area contributed by atoms with Gasteiger partial charge < -0.3 is 10.6 Å². The van der Waals surface area contributed by atoms with E-state index in [0.717, 1.165) is 11.1 Å². The Balaban J connectivity index is 2.09. The number of carbonyl (C=O) groups is 2. The van der Waals surface area contributed by atoms with E-state index in [-0.39, 0.29) is 29.4 Å². The number of benzene rings is 3. The molecular weight excluding hydrogens is 464 g/mol. The first-order valence-corrected chi connectivity index (χ1v) is 11.4. The summed E-state index contributed by atoms with van der Waals surface area (Å²) >= 11 is 6.20. The number of aromatic nitrogens is 2. The van der Waals surface area contributed by atoms with Crippen LogP contribution >= 0.6 is 11.6 Å². The monoisotopic (exact) mass is 488 g/mol. The molecule has 0 saturated heterocycles. The summed E-state index contributed by atoms with van der Waals surface area (Å²) in [7, 11) is 3.24. The van der Waals surface area contributed by atoms with E-state index in [4.69, 9.17) is 22.3 Å². The van der Waals surface area contributed by atoms with Gasteiger partial charge in [0.15, 0.2) is 0 Å². The number of aryl methyl sites for hydroxylation is 1. The van der Waals surface area contributed by atoms with Crippen molar-refractivity contribution in [2.75, 3.05) is 14.1 Å². The normalized spacial score (nSPS) is 11.9. The number of nitrogens with zero attached hydrogens (tertiary/aromatic N) is 3. The van der Waals surface area contributed by atoms with Crippen LogP contribution in [0.5, 0.6) is 0 Å². The van der Waals surface area contributed by atoms with E-state index >= 15 is 0 Å². The summed E-state index contributed by atoms with van der Waals surface area (Å²) in [5.41, 5.74) is 8.04. The van der Waals surface area contributed by atoms with E-state index in [2.05, 4.69) is 0 Å². The summed E-state index contributed by atoms with van der Waals surface area (Å²) in [5.74, 6) is -1.85. The fourth-order valence-corrected chi connectivity index (χ4v) is 4.30. The number of carbonyl (C=O) groups excluding carboxylic acids is 2. The summed E-state index contributed by atoms with van der Waals surface area (Å²) in [4.78, 5) is 45.9. The van der Waals surface area contributed by atoms with Gasteiger partial charge in [-0.2, -0.15) is 0 Å². The van der Waals surface area contributed by atoms with Crippen LogP contribution in [0.3, 0.4) is 0 Å². The highest BCUT2D eigenvalue weighted by atomic mass is 35.5. The van der Waals surface area contributed by atoms with Crippen molar-refractivity contribution < 1.29 is 9.59 Å². The van der Waals surface area contributed by atoms with E-state index in [1.807, 2.05) is 37.3 Å². The van der Waals surface area contributed by atoms with E-state index in [1.165, 1.54) is 9.47 Å². The lowest BCUT2D eigenvalue weighted by molar-refractivity contribution is -0.129. The third kappa shape index (κ3) is 4.81. The van der Waals surface area contributed by atoms with Crippen LogP contribution in [0.25, 0.3) is 10.9 Å². The van der Waals surface area contributed by atoms with Gasteiger partial charge in [-0.25, -0.2) is 4.98 Å². The maximum atomic E-state index is 13.7. The third-order valence-electron chi connectivity index (χ3n) is 5.86. The maximum absolute atomic E-state index is 13.7. The number of hydrogen-bond donors (Lipinski definition) is 1. The molecule has 0 fully saturated rings. The lowest BCUT2D eigenvalue weighted by Gasteiger charge is -2.25. The van der Waals surface area contributed by atoms with E-state index in [1.54, 1.807) is 50.5 Å². The van der Waals surface area contributed by atoms with Gasteiger partial charge in [0.2, 0.25) is 11.8 Å². The predicted octanol–water partition coefficient (Wildman–Crippen LogP) is 3.73. The molecule has 1 atom stereocenters. The number of rotatable bonds is 6. The van der Waals surface area contributed by atoms with Crippen molar-refractivity contribution >= 4 is 34.3 Å². The van der Waals surface area contributed by atoms with Crippen LogP contribution in [0.15, 0.2) is 71.5 Å². The molecule has 178 valence electrons. The molecule has 1 heterocycles. The molecule has 0 saturated carbocycles. The second kappa shape index (κ2) is 9.72. The molecule has 7 nitrogen and oxygen atoms in total. The smallest absolute Gasteiger partial charge is 0.261 e. The van der Waals surface area contributed by atoms with Crippen LogP contribution in [-0.4, -0.2) is 40.4 Å². The molecule has 4 aromatic rings. The number of amides is 2. The molecule has 0 aliphatic heterocycles. The molecule has 0 bridgehead atoms. The lowest BCUT2D eigenvalue weighted by atomic mass is 9.90. The number of primary amides is 1. The highest BCUT2D eigenvalue weighted by Gasteiger charge is 2.33. The topological polar surface area (TPSA) is 98.3 Å². The standard InChI is InChI=1S/C27H25ClN4O3/c1-16-9-11-19(24(29)33)21(13-16)23(27(35)31(2)3)25-30-22-14-18(28)10-12-20(22)26(34)32(25)15-17-7-5-4-6-8-17/h4-14,23H,15H2,1-3H3,(H2,29,33). The zero-order valence-electron chi connectivity index (χ0n) is 19.7. The Morgan fingerprint density at radius 1 is 1.06 bits per heavy atom. The Kier molecular flexibility index (Phi) is 6.71. The minimum atomic E-state index is -1.05. The Morgan fingerprint density at radius 3 is 2.43 bits per heavy atom. The Bertz CT molecular complexity index is 1500. The molecule has 0 aliphatic rings. The minimum Gasteiger partial charge on any atom is -0.366 e. The summed E-state index contributed by atoms with van der Waals surface area (Å²) in [6.07, 6.45) is 0. The first-order valence-electron chi connectivity index (χ1n) is 11.0. The van der Waals surface area contributed by atoms with Crippen molar-refractivity contribution in [3.8, 4) is 0 Å². The molecule has 4 rings (SSSR count). The van der Waals surface area contributed by atoms with Crippen LogP contribution in [-0.2, 0) is 11.3 Å². The second-order valence-corrected chi connectivity index (χ2v) is 9.07. The number of hydrogen-bond acceptors (Lipinski definition) is 4. The SMILES string of the molecule is Cc1ccc(C(N)=O)c(C(C(=O)N(C)C)c2nc3cc(Cl)ccc3c(=O)n2Cc2ccccc2)c1. The highest BCUT2D eigenvalue weighted by molar-refractivity contribution is 6.31. The van der Waals surface area contributed by atoms with Crippen molar-refractivity contribution in [1.82, 2.24) is 14.5 Å². The lowest BCUT2D eigenvalue weighted by Crippen LogP contribution is -2.36. The van der Waals surface area contributed by atoms with Crippen molar-refractivity contribution in [2.24, 2.45) is 5.73 Å². The Hall–Kier alpha value is -3.97. The average Bonchev–Trinajstić information content (AvgIpc) is 2.81. The van der Waals surface area contributed by atoms with E-state index in [9.17, 15) is 14.4 Å². The zero-order valence-corrected chi connectivity index (χ0v) is 20.4. The fraction of sp³-hybridized carbons (Fsp3) is 0.185. The van der Waals surface area contributed by atoms with Crippen LogP contribution in [0, 0.1) is 6.92 Å².